The van der Waals surface area contributed by atoms with Crippen LogP contribution in [0.25, 0.3) is 0 Å². The molecule has 0 aliphatic carbocycles. The zero-order valence-electron chi connectivity index (χ0n) is 10.8. The van der Waals surface area contributed by atoms with Crippen molar-refractivity contribution in [2.24, 2.45) is 0 Å². The number of aliphatic hydroxyl groups is 1. The van der Waals surface area contributed by atoms with E-state index < -0.39 is 6.10 Å². The molecule has 1 aromatic heterocycles. The van der Waals surface area contributed by atoms with Gasteiger partial charge in [-0.3, -0.25) is 4.79 Å². The Balaban J connectivity index is 2.81. The molecule has 1 rings (SSSR count). The van der Waals surface area contributed by atoms with E-state index in [0.717, 1.165) is 24.0 Å². The molecule has 1 aromatic rings. The first-order valence-electron chi connectivity index (χ1n) is 6.16. The molecule has 0 spiro atoms. The second kappa shape index (κ2) is 7.77. The summed E-state index contributed by atoms with van der Waals surface area (Å²) in [5, 5.41) is 17.0. The lowest BCUT2D eigenvalue weighted by Crippen LogP contribution is -2.37. The van der Waals surface area contributed by atoms with E-state index >= 15 is 0 Å². The third-order valence-corrected chi connectivity index (χ3v) is 4.03. The Hall–Kier alpha value is -0.580. The summed E-state index contributed by atoms with van der Waals surface area (Å²) in [5.41, 5.74) is 2.08. The van der Waals surface area contributed by atoms with E-state index in [4.69, 9.17) is 11.6 Å². The maximum Gasteiger partial charge on any atom is 0.235 e. The number of unbranched alkanes of at least 4 members (excludes halogenated alkanes) is 1. The maximum atomic E-state index is 11.5. The summed E-state index contributed by atoms with van der Waals surface area (Å²) >= 11 is 7.09. The second-order valence-electron chi connectivity index (χ2n) is 4.40. The van der Waals surface area contributed by atoms with Crippen LogP contribution in [0.5, 0.6) is 0 Å². The fraction of sp³-hybridized carbons (Fsp3) is 0.615. The number of rotatable bonds is 7. The highest BCUT2D eigenvalue weighted by atomic mass is 35.5. The summed E-state index contributed by atoms with van der Waals surface area (Å²) < 4.78 is 0. The number of aryl methyl sites for hydroxylation is 1. The van der Waals surface area contributed by atoms with Gasteiger partial charge in [-0.15, -0.1) is 11.6 Å². The van der Waals surface area contributed by atoms with Crippen molar-refractivity contribution >= 4 is 28.8 Å². The highest BCUT2D eigenvalue weighted by molar-refractivity contribution is 7.08. The summed E-state index contributed by atoms with van der Waals surface area (Å²) in [6.45, 7) is 4.06. The number of halogens is 1. The Morgan fingerprint density at radius 2 is 2.28 bits per heavy atom. The largest absolute Gasteiger partial charge is 0.391 e. The molecule has 0 saturated heterocycles. The maximum absolute atomic E-state index is 11.5. The number of carbonyl (C=O) groups excluding carboxylic acids is 1. The number of hydrogen-bond donors (Lipinski definition) is 2. The van der Waals surface area contributed by atoms with Crippen molar-refractivity contribution in [3.63, 3.8) is 0 Å². The fourth-order valence-corrected chi connectivity index (χ4v) is 2.83. The van der Waals surface area contributed by atoms with Crippen molar-refractivity contribution < 1.29 is 9.90 Å². The number of hydrogen-bond acceptors (Lipinski definition) is 3. The third kappa shape index (κ3) is 4.26. The Morgan fingerprint density at radius 1 is 1.56 bits per heavy atom. The van der Waals surface area contributed by atoms with Crippen LogP contribution in [0.15, 0.2) is 10.8 Å². The smallest absolute Gasteiger partial charge is 0.235 e. The van der Waals surface area contributed by atoms with E-state index in [1.807, 2.05) is 17.7 Å². The third-order valence-electron chi connectivity index (χ3n) is 2.91. The van der Waals surface area contributed by atoms with Crippen LogP contribution in [0.1, 0.15) is 43.4 Å². The van der Waals surface area contributed by atoms with Crippen molar-refractivity contribution in [1.29, 1.82) is 0 Å². The van der Waals surface area contributed by atoms with E-state index in [0.29, 0.717) is 6.42 Å². The van der Waals surface area contributed by atoms with Gasteiger partial charge in [0, 0.05) is 0 Å². The van der Waals surface area contributed by atoms with Crippen molar-refractivity contribution in [2.45, 2.75) is 45.3 Å². The number of aliphatic hydroxyl groups excluding tert-OH is 1. The molecule has 1 amide bonds. The van der Waals surface area contributed by atoms with Crippen molar-refractivity contribution in [3.8, 4) is 0 Å². The standard InChI is InChI=1S/C13H20ClNO2S/c1-3-4-5-11(16)13(15-12(17)6-14)10-8-18-7-9(10)2/h7-8,11,13,16H,3-6H2,1-2H3,(H,15,17)/t11-,13-/m1/s1. The average Bonchev–Trinajstić information content (AvgIpc) is 2.78. The zero-order chi connectivity index (χ0) is 13.5. The van der Waals surface area contributed by atoms with Crippen molar-refractivity contribution in [2.75, 3.05) is 5.88 Å². The molecule has 0 bridgehead atoms. The minimum Gasteiger partial charge on any atom is -0.391 e. The van der Waals surface area contributed by atoms with E-state index in [9.17, 15) is 9.90 Å². The molecule has 0 saturated carbocycles. The van der Waals surface area contributed by atoms with Gasteiger partial charge in [-0.05, 0) is 35.2 Å². The molecular formula is C13H20ClNO2S. The molecule has 18 heavy (non-hydrogen) atoms. The van der Waals surface area contributed by atoms with Gasteiger partial charge in [0.15, 0.2) is 0 Å². The van der Waals surface area contributed by atoms with E-state index in [-0.39, 0.29) is 17.8 Å². The molecule has 0 aliphatic rings. The van der Waals surface area contributed by atoms with Gasteiger partial charge in [-0.2, -0.15) is 11.3 Å². The predicted octanol–water partition coefficient (Wildman–Crippen LogP) is 3.00. The number of alkyl halides is 1. The summed E-state index contributed by atoms with van der Waals surface area (Å²) in [6, 6.07) is -0.353. The Morgan fingerprint density at radius 3 is 2.78 bits per heavy atom. The topological polar surface area (TPSA) is 49.3 Å². The van der Waals surface area contributed by atoms with Gasteiger partial charge >= 0.3 is 0 Å². The molecule has 102 valence electrons. The molecular weight excluding hydrogens is 270 g/mol. The lowest BCUT2D eigenvalue weighted by molar-refractivity contribution is -0.120. The monoisotopic (exact) mass is 289 g/mol. The van der Waals surface area contributed by atoms with E-state index in [1.54, 1.807) is 11.3 Å². The quantitative estimate of drug-likeness (QED) is 0.758. The number of amides is 1. The van der Waals surface area contributed by atoms with Crippen molar-refractivity contribution in [3.05, 3.63) is 21.9 Å². The molecule has 1 heterocycles. The van der Waals surface area contributed by atoms with Crippen LogP contribution in [0.2, 0.25) is 0 Å². The van der Waals surface area contributed by atoms with Gasteiger partial charge in [0.05, 0.1) is 12.1 Å². The Bertz CT molecular complexity index is 381. The lowest BCUT2D eigenvalue weighted by atomic mass is 9.97. The predicted molar refractivity (Wildman–Crippen MR) is 76.2 cm³/mol. The van der Waals surface area contributed by atoms with Gasteiger partial charge < -0.3 is 10.4 Å². The molecule has 0 fully saturated rings. The minimum absolute atomic E-state index is 0.0832. The van der Waals surface area contributed by atoms with Crippen molar-refractivity contribution in [1.82, 2.24) is 5.32 Å². The second-order valence-corrected chi connectivity index (χ2v) is 5.41. The summed E-state index contributed by atoms with van der Waals surface area (Å²) in [6.07, 6.45) is 2.08. The van der Waals surface area contributed by atoms with Crippen LogP contribution in [0.3, 0.4) is 0 Å². The molecule has 2 N–H and O–H groups in total. The first-order valence-corrected chi connectivity index (χ1v) is 7.64. The van der Waals surface area contributed by atoms with Gasteiger partial charge in [-0.1, -0.05) is 19.8 Å². The summed E-state index contributed by atoms with van der Waals surface area (Å²) in [4.78, 5) is 11.5. The zero-order valence-corrected chi connectivity index (χ0v) is 12.4. The van der Waals surface area contributed by atoms with Gasteiger partial charge in [0.1, 0.15) is 5.88 Å². The molecule has 5 heteroatoms. The SMILES string of the molecule is CCCC[C@@H](O)[C@H](NC(=O)CCl)c1cscc1C. The van der Waals surface area contributed by atoms with Crippen LogP contribution >= 0.6 is 22.9 Å². The average molecular weight is 290 g/mol. The Kier molecular flexibility index (Phi) is 6.68. The van der Waals surface area contributed by atoms with Crippen LogP contribution in [-0.4, -0.2) is 23.0 Å². The van der Waals surface area contributed by atoms with Crippen LogP contribution in [0.4, 0.5) is 0 Å². The van der Waals surface area contributed by atoms with Gasteiger partial charge in [-0.25, -0.2) is 0 Å². The molecule has 0 aromatic carbocycles. The highest BCUT2D eigenvalue weighted by Gasteiger charge is 2.24. The molecule has 2 atom stereocenters. The first-order chi connectivity index (χ1) is 8.60. The molecule has 0 radical (unpaired) electrons. The van der Waals surface area contributed by atoms with Gasteiger partial charge in [0.2, 0.25) is 5.91 Å². The number of nitrogens with one attached hydrogen (secondary N) is 1. The van der Waals surface area contributed by atoms with Crippen LogP contribution in [-0.2, 0) is 4.79 Å². The summed E-state index contributed by atoms with van der Waals surface area (Å²) in [5.74, 6) is -0.331. The van der Waals surface area contributed by atoms with Crippen LogP contribution in [0, 0.1) is 6.92 Å². The molecule has 0 aliphatic heterocycles. The number of carbonyl (C=O) groups is 1. The normalized spacial score (nSPS) is 14.2. The first kappa shape index (κ1) is 15.5. The molecule has 3 nitrogen and oxygen atoms in total. The summed E-state index contributed by atoms with van der Waals surface area (Å²) in [7, 11) is 0. The van der Waals surface area contributed by atoms with E-state index in [2.05, 4.69) is 12.2 Å². The highest BCUT2D eigenvalue weighted by Crippen LogP contribution is 2.26. The van der Waals surface area contributed by atoms with E-state index in [1.165, 1.54) is 0 Å². The lowest BCUT2D eigenvalue weighted by Gasteiger charge is -2.24. The van der Waals surface area contributed by atoms with Crippen LogP contribution < -0.4 is 5.32 Å². The Labute approximate surface area is 117 Å². The fourth-order valence-electron chi connectivity index (χ4n) is 1.86. The minimum atomic E-state index is -0.564. The van der Waals surface area contributed by atoms with Gasteiger partial charge in [0.25, 0.3) is 0 Å². The number of thiophene rings is 1. The molecule has 0 unspecified atom stereocenters.